The van der Waals surface area contributed by atoms with Crippen molar-refractivity contribution in [1.82, 2.24) is 15.1 Å². The Kier molecular flexibility index (Phi) is 4.14. The predicted octanol–water partition coefficient (Wildman–Crippen LogP) is 2.16. The summed E-state index contributed by atoms with van der Waals surface area (Å²) in [5, 5.41) is 16.4. The summed E-state index contributed by atoms with van der Waals surface area (Å²) in [6.07, 6.45) is 2.12. The molecule has 0 saturated heterocycles. The molecule has 1 fully saturated rings. The summed E-state index contributed by atoms with van der Waals surface area (Å²) in [5.74, 6) is -1.67. The minimum absolute atomic E-state index is 0.308. The second-order valence-corrected chi connectivity index (χ2v) is 5.87. The third-order valence-electron chi connectivity index (χ3n) is 4.27. The first-order valence-electron chi connectivity index (χ1n) is 7.72. The fourth-order valence-electron chi connectivity index (χ4n) is 3.09. The Bertz CT molecular complexity index is 724. The number of hydrogen-bond acceptors (Lipinski definition) is 3. The van der Waals surface area contributed by atoms with E-state index in [1.807, 2.05) is 37.3 Å². The van der Waals surface area contributed by atoms with Gasteiger partial charge in [-0.25, -0.2) is 4.68 Å². The maximum absolute atomic E-state index is 12.4. The second-order valence-electron chi connectivity index (χ2n) is 5.87. The summed E-state index contributed by atoms with van der Waals surface area (Å²) in [6, 6.07) is 11.0. The van der Waals surface area contributed by atoms with E-state index in [0.717, 1.165) is 17.8 Å². The molecule has 1 amide bonds. The molecule has 0 aliphatic heterocycles. The van der Waals surface area contributed by atoms with Crippen molar-refractivity contribution in [3.05, 3.63) is 47.8 Å². The van der Waals surface area contributed by atoms with E-state index in [0.29, 0.717) is 18.5 Å². The smallest absolute Gasteiger partial charge is 0.308 e. The maximum atomic E-state index is 12.4. The number of amides is 1. The highest BCUT2D eigenvalue weighted by Gasteiger charge is 2.34. The Labute approximate surface area is 134 Å². The fourth-order valence-corrected chi connectivity index (χ4v) is 3.09. The lowest BCUT2D eigenvalue weighted by Gasteiger charge is -2.16. The van der Waals surface area contributed by atoms with Crippen LogP contribution in [0.4, 0.5) is 0 Å². The van der Waals surface area contributed by atoms with Gasteiger partial charge in [-0.2, -0.15) is 5.10 Å². The van der Waals surface area contributed by atoms with Crippen molar-refractivity contribution in [2.75, 3.05) is 0 Å². The molecule has 120 valence electrons. The Morgan fingerprint density at radius 1 is 1.26 bits per heavy atom. The van der Waals surface area contributed by atoms with Gasteiger partial charge in [0, 0.05) is 11.7 Å². The first-order valence-corrected chi connectivity index (χ1v) is 7.72. The lowest BCUT2D eigenvalue weighted by atomic mass is 10.0. The number of aromatic nitrogens is 2. The van der Waals surface area contributed by atoms with Gasteiger partial charge >= 0.3 is 5.97 Å². The number of carboxylic acid groups (broad SMARTS) is 1. The van der Waals surface area contributed by atoms with Crippen molar-refractivity contribution in [3.63, 3.8) is 0 Å². The van der Waals surface area contributed by atoms with Crippen LogP contribution in [0.15, 0.2) is 36.4 Å². The van der Waals surface area contributed by atoms with E-state index in [1.165, 1.54) is 0 Å². The van der Waals surface area contributed by atoms with Crippen LogP contribution in [-0.4, -0.2) is 32.8 Å². The number of benzene rings is 1. The zero-order chi connectivity index (χ0) is 16.4. The number of nitrogens with one attached hydrogen (secondary N) is 1. The highest BCUT2D eigenvalue weighted by Crippen LogP contribution is 2.26. The molecule has 1 saturated carbocycles. The molecule has 0 bridgehead atoms. The van der Waals surface area contributed by atoms with Crippen LogP contribution >= 0.6 is 0 Å². The summed E-state index contributed by atoms with van der Waals surface area (Å²) in [7, 11) is 0. The van der Waals surface area contributed by atoms with E-state index >= 15 is 0 Å². The minimum atomic E-state index is -0.848. The van der Waals surface area contributed by atoms with E-state index in [-0.39, 0.29) is 11.9 Å². The molecule has 1 heterocycles. The van der Waals surface area contributed by atoms with Gasteiger partial charge in [0.15, 0.2) is 5.69 Å². The van der Waals surface area contributed by atoms with Crippen LogP contribution in [0.25, 0.3) is 5.69 Å². The van der Waals surface area contributed by atoms with Gasteiger partial charge in [0.1, 0.15) is 0 Å². The molecule has 3 rings (SSSR count). The number of rotatable bonds is 4. The van der Waals surface area contributed by atoms with Gasteiger partial charge in [-0.05, 0) is 38.0 Å². The third-order valence-corrected chi connectivity index (χ3v) is 4.27. The zero-order valence-corrected chi connectivity index (χ0v) is 12.9. The Balaban J connectivity index is 1.77. The van der Waals surface area contributed by atoms with Crippen molar-refractivity contribution in [1.29, 1.82) is 0 Å². The van der Waals surface area contributed by atoms with Gasteiger partial charge in [0.25, 0.3) is 5.91 Å². The van der Waals surface area contributed by atoms with Crippen molar-refractivity contribution < 1.29 is 14.7 Å². The van der Waals surface area contributed by atoms with Crippen LogP contribution in [-0.2, 0) is 4.79 Å². The standard InChI is InChI=1S/C17H19N3O3/c1-11-10-15(19-20(11)12-6-3-2-4-7-12)16(21)18-14-9-5-8-13(14)17(22)23/h2-4,6-7,10,13-14H,5,8-9H2,1H3,(H,18,21)(H,22,23)/t13-,14+/m0/s1. The van der Waals surface area contributed by atoms with Crippen LogP contribution in [0.2, 0.25) is 0 Å². The van der Waals surface area contributed by atoms with Crippen LogP contribution in [0, 0.1) is 12.8 Å². The Hall–Kier alpha value is -2.63. The molecular weight excluding hydrogens is 294 g/mol. The van der Waals surface area contributed by atoms with Crippen LogP contribution < -0.4 is 5.32 Å². The topological polar surface area (TPSA) is 84.2 Å². The largest absolute Gasteiger partial charge is 0.481 e. The molecule has 1 aromatic carbocycles. The average Bonchev–Trinajstić information content (AvgIpc) is 3.15. The summed E-state index contributed by atoms with van der Waals surface area (Å²) in [6.45, 7) is 1.88. The number of carboxylic acids is 1. The van der Waals surface area contributed by atoms with Crippen LogP contribution in [0.1, 0.15) is 35.4 Å². The highest BCUT2D eigenvalue weighted by atomic mass is 16.4. The van der Waals surface area contributed by atoms with Crippen LogP contribution in [0.3, 0.4) is 0 Å². The number of aryl methyl sites for hydroxylation is 1. The molecule has 2 atom stereocenters. The van der Waals surface area contributed by atoms with Crippen molar-refractivity contribution in [3.8, 4) is 5.69 Å². The van der Waals surface area contributed by atoms with Gasteiger partial charge in [0.2, 0.25) is 0 Å². The van der Waals surface area contributed by atoms with Gasteiger partial charge in [-0.15, -0.1) is 0 Å². The molecule has 0 spiro atoms. The number of nitrogens with zero attached hydrogens (tertiary/aromatic N) is 2. The number of hydrogen-bond donors (Lipinski definition) is 2. The molecule has 1 aliphatic carbocycles. The zero-order valence-electron chi connectivity index (χ0n) is 12.9. The summed E-state index contributed by atoms with van der Waals surface area (Å²) < 4.78 is 1.71. The summed E-state index contributed by atoms with van der Waals surface area (Å²) in [5.41, 5.74) is 2.04. The minimum Gasteiger partial charge on any atom is -0.481 e. The lowest BCUT2D eigenvalue weighted by molar-refractivity contribution is -0.142. The summed E-state index contributed by atoms with van der Waals surface area (Å²) >= 11 is 0. The number of carbonyl (C=O) groups is 2. The van der Waals surface area contributed by atoms with Gasteiger partial charge < -0.3 is 10.4 Å². The van der Waals surface area contributed by atoms with E-state index < -0.39 is 11.9 Å². The first-order chi connectivity index (χ1) is 11.1. The van der Waals surface area contributed by atoms with Crippen molar-refractivity contribution in [2.45, 2.75) is 32.2 Å². The van der Waals surface area contributed by atoms with E-state index in [1.54, 1.807) is 10.7 Å². The van der Waals surface area contributed by atoms with Gasteiger partial charge in [-0.1, -0.05) is 24.6 Å². The monoisotopic (exact) mass is 313 g/mol. The molecule has 0 radical (unpaired) electrons. The number of carbonyl (C=O) groups excluding carboxylic acids is 1. The molecule has 1 aromatic heterocycles. The van der Waals surface area contributed by atoms with Gasteiger partial charge in [0.05, 0.1) is 11.6 Å². The number of para-hydroxylation sites is 1. The van der Waals surface area contributed by atoms with E-state index in [9.17, 15) is 14.7 Å². The molecule has 1 aliphatic rings. The molecule has 23 heavy (non-hydrogen) atoms. The lowest BCUT2D eigenvalue weighted by Crippen LogP contribution is -2.40. The fraction of sp³-hybridized carbons (Fsp3) is 0.353. The maximum Gasteiger partial charge on any atom is 0.308 e. The Morgan fingerprint density at radius 2 is 2.00 bits per heavy atom. The van der Waals surface area contributed by atoms with Crippen LogP contribution in [0.5, 0.6) is 0 Å². The van der Waals surface area contributed by atoms with Crippen molar-refractivity contribution >= 4 is 11.9 Å². The SMILES string of the molecule is Cc1cc(C(=O)N[C@@H]2CCC[C@@H]2C(=O)O)nn1-c1ccccc1. The second kappa shape index (κ2) is 6.24. The predicted molar refractivity (Wildman–Crippen MR) is 84.5 cm³/mol. The summed E-state index contributed by atoms with van der Waals surface area (Å²) in [4.78, 5) is 23.6. The normalized spacial score (nSPS) is 20.4. The van der Waals surface area contributed by atoms with Gasteiger partial charge in [-0.3, -0.25) is 9.59 Å². The highest BCUT2D eigenvalue weighted by molar-refractivity contribution is 5.93. The number of aliphatic carboxylic acids is 1. The van der Waals surface area contributed by atoms with Crippen molar-refractivity contribution in [2.24, 2.45) is 5.92 Å². The molecule has 6 nitrogen and oxygen atoms in total. The molecular formula is C17H19N3O3. The molecule has 0 unspecified atom stereocenters. The van der Waals surface area contributed by atoms with E-state index in [2.05, 4.69) is 10.4 Å². The van der Waals surface area contributed by atoms with E-state index in [4.69, 9.17) is 0 Å². The average molecular weight is 313 g/mol. The molecule has 2 N–H and O–H groups in total. The quantitative estimate of drug-likeness (QED) is 0.906. The molecule has 6 heteroatoms. The first kappa shape index (κ1) is 15.3. The molecule has 2 aromatic rings. The third kappa shape index (κ3) is 3.11. The Morgan fingerprint density at radius 3 is 2.70 bits per heavy atom.